The fourth-order valence-electron chi connectivity index (χ4n) is 2.76. The molecule has 108 valence electrons. The maximum atomic E-state index is 11.4. The Kier molecular flexibility index (Phi) is 4.49. The van der Waals surface area contributed by atoms with E-state index in [4.69, 9.17) is 17.3 Å². The first-order valence-corrected chi connectivity index (χ1v) is 6.95. The van der Waals surface area contributed by atoms with Gasteiger partial charge in [-0.1, -0.05) is 30.5 Å². The molecule has 0 heterocycles. The summed E-state index contributed by atoms with van der Waals surface area (Å²) in [6, 6.07) is 5.04. The zero-order valence-corrected chi connectivity index (χ0v) is 11.8. The summed E-state index contributed by atoms with van der Waals surface area (Å²) in [5, 5.41) is 9.51. The molecular formula is C14H17ClN2O3. The largest absolute Gasteiger partial charge is 0.478 e. The molecule has 2 rings (SSSR count). The highest BCUT2D eigenvalue weighted by Crippen LogP contribution is 2.33. The van der Waals surface area contributed by atoms with Gasteiger partial charge in [0.05, 0.1) is 17.3 Å². The van der Waals surface area contributed by atoms with Crippen molar-refractivity contribution in [1.29, 1.82) is 0 Å². The standard InChI is InChI=1S/C14H17ClN2O3/c15-10-6-3-7-11(13(10)14(19)20)17(8-12(16)18)9-4-1-2-5-9/h3,6-7,9H,1-2,4-5,8H2,(H2,16,18)(H,19,20). The minimum atomic E-state index is -1.10. The van der Waals surface area contributed by atoms with Crippen molar-refractivity contribution < 1.29 is 14.7 Å². The van der Waals surface area contributed by atoms with Gasteiger partial charge in [0.25, 0.3) is 0 Å². The molecule has 6 heteroatoms. The molecule has 0 spiro atoms. The van der Waals surface area contributed by atoms with Crippen LogP contribution in [0.2, 0.25) is 5.02 Å². The molecule has 1 amide bonds. The first kappa shape index (κ1) is 14.7. The second-order valence-electron chi connectivity index (χ2n) is 4.97. The second kappa shape index (κ2) is 6.13. The van der Waals surface area contributed by atoms with Gasteiger partial charge in [-0.15, -0.1) is 0 Å². The predicted octanol–water partition coefficient (Wildman–Crippen LogP) is 2.27. The number of nitrogens with zero attached hydrogens (tertiary/aromatic N) is 1. The van der Waals surface area contributed by atoms with Gasteiger partial charge in [-0.25, -0.2) is 4.79 Å². The van der Waals surface area contributed by atoms with Crippen molar-refractivity contribution in [3.05, 3.63) is 28.8 Å². The Labute approximate surface area is 122 Å². The monoisotopic (exact) mass is 296 g/mol. The summed E-state index contributed by atoms with van der Waals surface area (Å²) in [7, 11) is 0. The van der Waals surface area contributed by atoms with E-state index in [9.17, 15) is 14.7 Å². The van der Waals surface area contributed by atoms with Crippen molar-refractivity contribution in [2.24, 2.45) is 5.73 Å². The lowest BCUT2D eigenvalue weighted by Gasteiger charge is -2.31. The summed E-state index contributed by atoms with van der Waals surface area (Å²) < 4.78 is 0. The van der Waals surface area contributed by atoms with Crippen LogP contribution in [0.1, 0.15) is 36.0 Å². The van der Waals surface area contributed by atoms with Gasteiger partial charge in [-0.05, 0) is 25.0 Å². The first-order valence-electron chi connectivity index (χ1n) is 6.57. The smallest absolute Gasteiger partial charge is 0.339 e. The maximum absolute atomic E-state index is 11.4. The molecule has 0 aliphatic heterocycles. The molecule has 0 atom stereocenters. The topological polar surface area (TPSA) is 83.6 Å². The van der Waals surface area contributed by atoms with Crippen LogP contribution in [-0.4, -0.2) is 29.6 Å². The van der Waals surface area contributed by atoms with E-state index in [1.807, 2.05) is 0 Å². The van der Waals surface area contributed by atoms with E-state index in [0.717, 1.165) is 25.7 Å². The summed E-state index contributed by atoms with van der Waals surface area (Å²) in [5.41, 5.74) is 5.80. The molecule has 0 saturated heterocycles. The summed E-state index contributed by atoms with van der Waals surface area (Å²) in [5.74, 6) is -1.58. The van der Waals surface area contributed by atoms with Crippen LogP contribution in [0.3, 0.4) is 0 Å². The van der Waals surface area contributed by atoms with E-state index in [1.54, 1.807) is 17.0 Å². The SMILES string of the molecule is NC(=O)CN(c1cccc(Cl)c1C(=O)O)C1CCCC1. The Balaban J connectivity index is 2.44. The number of amides is 1. The van der Waals surface area contributed by atoms with Gasteiger partial charge >= 0.3 is 5.97 Å². The van der Waals surface area contributed by atoms with E-state index < -0.39 is 11.9 Å². The molecule has 0 aromatic heterocycles. The number of aromatic carboxylic acids is 1. The number of anilines is 1. The minimum Gasteiger partial charge on any atom is -0.478 e. The van der Waals surface area contributed by atoms with E-state index in [0.29, 0.717) is 5.69 Å². The van der Waals surface area contributed by atoms with Gasteiger partial charge in [-0.2, -0.15) is 0 Å². The lowest BCUT2D eigenvalue weighted by Crippen LogP contribution is -2.41. The number of carbonyl (C=O) groups is 2. The summed E-state index contributed by atoms with van der Waals surface area (Å²) >= 11 is 5.99. The third-order valence-electron chi connectivity index (χ3n) is 3.61. The average molecular weight is 297 g/mol. The molecule has 1 aromatic rings. The van der Waals surface area contributed by atoms with Crippen LogP contribution < -0.4 is 10.6 Å². The van der Waals surface area contributed by atoms with Gasteiger partial charge < -0.3 is 15.7 Å². The maximum Gasteiger partial charge on any atom is 0.339 e. The highest BCUT2D eigenvalue weighted by Gasteiger charge is 2.28. The number of nitrogens with two attached hydrogens (primary N) is 1. The van der Waals surface area contributed by atoms with Crippen LogP contribution in [0.25, 0.3) is 0 Å². The third-order valence-corrected chi connectivity index (χ3v) is 3.92. The van der Waals surface area contributed by atoms with E-state index in [1.165, 1.54) is 6.07 Å². The lowest BCUT2D eigenvalue weighted by molar-refractivity contribution is -0.116. The summed E-state index contributed by atoms with van der Waals surface area (Å²) in [6.07, 6.45) is 4.00. The second-order valence-corrected chi connectivity index (χ2v) is 5.38. The predicted molar refractivity (Wildman–Crippen MR) is 77.2 cm³/mol. The van der Waals surface area contributed by atoms with Crippen molar-refractivity contribution >= 4 is 29.2 Å². The van der Waals surface area contributed by atoms with Crippen molar-refractivity contribution in [3.8, 4) is 0 Å². The van der Waals surface area contributed by atoms with Crippen LogP contribution >= 0.6 is 11.6 Å². The minimum absolute atomic E-state index is 0.00525. The number of hydrogen-bond acceptors (Lipinski definition) is 3. The zero-order valence-electron chi connectivity index (χ0n) is 11.0. The van der Waals surface area contributed by atoms with E-state index in [2.05, 4.69) is 0 Å². The fourth-order valence-corrected chi connectivity index (χ4v) is 3.01. The molecule has 0 unspecified atom stereocenters. The van der Waals surface area contributed by atoms with E-state index in [-0.39, 0.29) is 23.2 Å². The number of carbonyl (C=O) groups excluding carboxylic acids is 1. The first-order chi connectivity index (χ1) is 9.50. The molecule has 3 N–H and O–H groups in total. The van der Waals surface area contributed by atoms with Crippen LogP contribution in [0.15, 0.2) is 18.2 Å². The molecule has 1 saturated carbocycles. The number of carboxylic acids is 1. The molecule has 20 heavy (non-hydrogen) atoms. The number of hydrogen-bond donors (Lipinski definition) is 2. The zero-order chi connectivity index (χ0) is 14.7. The Morgan fingerprint density at radius 1 is 1.35 bits per heavy atom. The van der Waals surface area contributed by atoms with Gasteiger partial charge in [0.1, 0.15) is 5.56 Å². The number of benzene rings is 1. The molecule has 0 bridgehead atoms. The van der Waals surface area contributed by atoms with Gasteiger partial charge in [-0.3, -0.25) is 4.79 Å². The van der Waals surface area contributed by atoms with Gasteiger partial charge in [0.15, 0.2) is 0 Å². The Morgan fingerprint density at radius 3 is 2.55 bits per heavy atom. The quantitative estimate of drug-likeness (QED) is 0.873. The highest BCUT2D eigenvalue weighted by atomic mass is 35.5. The summed E-state index contributed by atoms with van der Waals surface area (Å²) in [4.78, 5) is 24.5. The molecule has 1 fully saturated rings. The molecule has 1 aromatic carbocycles. The molecule has 1 aliphatic carbocycles. The van der Waals surface area contributed by atoms with Crippen molar-refractivity contribution in [1.82, 2.24) is 0 Å². The number of rotatable bonds is 5. The molecule has 1 aliphatic rings. The Bertz CT molecular complexity index is 527. The van der Waals surface area contributed by atoms with Crippen molar-refractivity contribution in [3.63, 3.8) is 0 Å². The van der Waals surface area contributed by atoms with Crippen LogP contribution in [0, 0.1) is 0 Å². The number of primary amides is 1. The highest BCUT2D eigenvalue weighted by molar-refractivity contribution is 6.34. The van der Waals surface area contributed by atoms with Crippen LogP contribution in [-0.2, 0) is 4.79 Å². The van der Waals surface area contributed by atoms with Crippen molar-refractivity contribution in [2.75, 3.05) is 11.4 Å². The lowest BCUT2D eigenvalue weighted by atomic mass is 10.1. The van der Waals surface area contributed by atoms with Crippen LogP contribution in [0.5, 0.6) is 0 Å². The van der Waals surface area contributed by atoms with Gasteiger partial charge in [0, 0.05) is 6.04 Å². The Morgan fingerprint density at radius 2 is 2.00 bits per heavy atom. The number of halogens is 1. The third kappa shape index (κ3) is 3.04. The Hall–Kier alpha value is -1.75. The van der Waals surface area contributed by atoms with Crippen LogP contribution in [0.4, 0.5) is 5.69 Å². The molecule has 5 nitrogen and oxygen atoms in total. The molecular weight excluding hydrogens is 280 g/mol. The number of carboxylic acid groups (broad SMARTS) is 1. The van der Waals surface area contributed by atoms with E-state index >= 15 is 0 Å². The average Bonchev–Trinajstić information content (AvgIpc) is 2.88. The molecule has 0 radical (unpaired) electrons. The van der Waals surface area contributed by atoms with Crippen molar-refractivity contribution in [2.45, 2.75) is 31.7 Å². The van der Waals surface area contributed by atoms with Gasteiger partial charge in [0.2, 0.25) is 5.91 Å². The summed E-state index contributed by atoms with van der Waals surface area (Å²) in [6.45, 7) is 0.00525. The normalized spacial score (nSPS) is 15.2. The fraction of sp³-hybridized carbons (Fsp3) is 0.429.